The Hall–Kier alpha value is -1.39. The van der Waals surface area contributed by atoms with Crippen molar-refractivity contribution in [3.05, 3.63) is 12.0 Å². The van der Waals surface area contributed by atoms with E-state index in [0.717, 1.165) is 25.7 Å². The van der Waals surface area contributed by atoms with Gasteiger partial charge in [-0.2, -0.15) is 9.98 Å². The number of aromatic amines is 1. The molecule has 0 aliphatic heterocycles. The molecule has 0 amide bonds. The fourth-order valence-corrected chi connectivity index (χ4v) is 3.64. The van der Waals surface area contributed by atoms with Crippen LogP contribution in [0.4, 0.5) is 0 Å². The molecule has 0 radical (unpaired) electrons. The smallest absolute Gasteiger partial charge is 0.258 e. The zero-order valence-electron chi connectivity index (χ0n) is 10.9. The summed E-state index contributed by atoms with van der Waals surface area (Å²) in [4.78, 5) is 6.55. The summed E-state index contributed by atoms with van der Waals surface area (Å²) in [6, 6.07) is 1.42. The van der Waals surface area contributed by atoms with E-state index in [1.54, 1.807) is 6.92 Å². The summed E-state index contributed by atoms with van der Waals surface area (Å²) in [6.07, 6.45) is 6.38. The van der Waals surface area contributed by atoms with Gasteiger partial charge >= 0.3 is 0 Å². The Morgan fingerprint density at radius 3 is 2.68 bits per heavy atom. The van der Waals surface area contributed by atoms with Crippen molar-refractivity contribution >= 4 is 10.0 Å². The van der Waals surface area contributed by atoms with Gasteiger partial charge in [-0.3, -0.25) is 0 Å². The monoisotopic (exact) mass is 282 g/mol. The molecule has 2 N–H and O–H groups in total. The third kappa shape index (κ3) is 3.33. The molecule has 7 heteroatoms. The zero-order valence-corrected chi connectivity index (χ0v) is 11.7. The lowest BCUT2D eigenvalue weighted by Gasteiger charge is -2.25. The Morgan fingerprint density at radius 1 is 1.47 bits per heavy atom. The van der Waals surface area contributed by atoms with E-state index in [4.69, 9.17) is 0 Å². The molecule has 1 aromatic rings. The van der Waals surface area contributed by atoms with E-state index in [1.165, 1.54) is 12.6 Å². The summed E-state index contributed by atoms with van der Waals surface area (Å²) in [5.74, 6) is 0.643. The van der Waals surface area contributed by atoms with Crippen molar-refractivity contribution in [1.82, 2.24) is 14.7 Å². The van der Waals surface area contributed by atoms with Crippen LogP contribution in [0.3, 0.4) is 0 Å². The van der Waals surface area contributed by atoms with Gasteiger partial charge < -0.3 is 4.98 Å². The highest BCUT2D eigenvalue weighted by atomic mass is 32.2. The van der Waals surface area contributed by atoms with Crippen LogP contribution in [0.15, 0.2) is 11.2 Å². The fraction of sp³-hybridized carbons (Fsp3) is 0.667. The first-order valence-corrected chi connectivity index (χ1v) is 7.95. The molecule has 1 fully saturated rings. The summed E-state index contributed by atoms with van der Waals surface area (Å²) < 4.78 is 26.7. The van der Waals surface area contributed by atoms with Gasteiger partial charge in [-0.15, -0.1) is 0 Å². The van der Waals surface area contributed by atoms with Crippen LogP contribution in [0, 0.1) is 24.2 Å². The maximum atomic E-state index is 12.1. The number of rotatable bonds is 4. The summed E-state index contributed by atoms with van der Waals surface area (Å²) in [7, 11) is -3.69. The first-order valence-electron chi connectivity index (χ1n) is 6.46. The fourth-order valence-electron chi connectivity index (χ4n) is 2.46. The minimum absolute atomic E-state index is 0.0149. The molecule has 0 spiro atoms. The maximum absolute atomic E-state index is 12.1. The highest BCUT2D eigenvalue weighted by Crippen LogP contribution is 2.27. The van der Waals surface area contributed by atoms with Crippen LogP contribution in [0.5, 0.6) is 0 Å². The molecule has 1 unspecified atom stereocenters. The lowest BCUT2D eigenvalue weighted by molar-refractivity contribution is 0.323. The molecule has 19 heavy (non-hydrogen) atoms. The first kappa shape index (κ1) is 14.0. The third-order valence-corrected chi connectivity index (χ3v) is 4.86. The highest BCUT2D eigenvalue weighted by molar-refractivity contribution is 7.89. The normalized spacial score (nSPS) is 18.9. The van der Waals surface area contributed by atoms with Crippen LogP contribution in [0.2, 0.25) is 0 Å². The van der Waals surface area contributed by atoms with Gasteiger partial charge in [-0.1, -0.05) is 19.3 Å². The summed E-state index contributed by atoms with van der Waals surface area (Å²) in [5.41, 5.74) is 0. The van der Waals surface area contributed by atoms with Crippen molar-refractivity contribution in [2.45, 2.75) is 50.1 Å². The van der Waals surface area contributed by atoms with Crippen LogP contribution in [-0.2, 0) is 10.0 Å². The Labute approximate surface area is 113 Å². The molecule has 104 valence electrons. The largest absolute Gasteiger partial charge is 0.332 e. The van der Waals surface area contributed by atoms with Crippen LogP contribution in [-0.4, -0.2) is 24.4 Å². The number of hydrogen-bond acceptors (Lipinski definition) is 4. The topological polar surface area (TPSA) is 98.6 Å². The van der Waals surface area contributed by atoms with Gasteiger partial charge in [0.15, 0.2) is 5.03 Å². The highest BCUT2D eigenvalue weighted by Gasteiger charge is 2.29. The predicted octanol–water partition coefficient (Wildman–Crippen LogP) is 1.47. The Kier molecular flexibility index (Phi) is 4.22. The molecular formula is C12H18N4O2S. The minimum atomic E-state index is -3.69. The van der Waals surface area contributed by atoms with Crippen molar-refractivity contribution in [3.8, 4) is 6.07 Å². The van der Waals surface area contributed by atoms with Gasteiger partial charge in [0.2, 0.25) is 0 Å². The Morgan fingerprint density at radius 2 is 2.16 bits per heavy atom. The van der Waals surface area contributed by atoms with E-state index in [0.29, 0.717) is 5.82 Å². The SMILES string of the molecule is Cc1ncc(S(=O)(=O)NC(C#N)C2CCCCC2)[nH]1. The van der Waals surface area contributed by atoms with Crippen molar-refractivity contribution in [3.63, 3.8) is 0 Å². The number of aryl methyl sites for hydroxylation is 1. The molecule has 1 aliphatic rings. The van der Waals surface area contributed by atoms with Gasteiger partial charge in [0.1, 0.15) is 11.9 Å². The van der Waals surface area contributed by atoms with E-state index in [-0.39, 0.29) is 10.9 Å². The van der Waals surface area contributed by atoms with Gasteiger partial charge in [-0.05, 0) is 25.7 Å². The molecule has 1 atom stereocenters. The standard InChI is InChI=1S/C12H18N4O2S/c1-9-14-8-12(15-9)19(17,18)16-11(7-13)10-5-3-2-4-6-10/h8,10-11,16H,2-6H2,1H3,(H,14,15). The lowest BCUT2D eigenvalue weighted by atomic mass is 9.85. The second-order valence-electron chi connectivity index (χ2n) is 4.96. The lowest BCUT2D eigenvalue weighted by Crippen LogP contribution is -2.40. The van der Waals surface area contributed by atoms with Crippen molar-refractivity contribution in [2.24, 2.45) is 5.92 Å². The van der Waals surface area contributed by atoms with Crippen LogP contribution >= 0.6 is 0 Å². The molecule has 0 saturated heterocycles. The molecule has 1 heterocycles. The van der Waals surface area contributed by atoms with Crippen LogP contribution in [0.1, 0.15) is 37.9 Å². The van der Waals surface area contributed by atoms with E-state index < -0.39 is 16.1 Å². The summed E-state index contributed by atoms with van der Waals surface area (Å²) >= 11 is 0. The van der Waals surface area contributed by atoms with Crippen LogP contribution in [0.25, 0.3) is 0 Å². The number of aromatic nitrogens is 2. The molecule has 1 aliphatic carbocycles. The van der Waals surface area contributed by atoms with Gasteiger partial charge in [0.25, 0.3) is 10.0 Å². The number of nitrogens with zero attached hydrogens (tertiary/aromatic N) is 2. The number of H-pyrrole nitrogens is 1. The molecular weight excluding hydrogens is 264 g/mol. The summed E-state index contributed by atoms with van der Waals surface area (Å²) in [5, 5.41) is 9.21. The number of nitriles is 1. The molecule has 0 bridgehead atoms. The quantitative estimate of drug-likeness (QED) is 0.873. The number of nitrogens with one attached hydrogen (secondary N) is 2. The van der Waals surface area contributed by atoms with Crippen molar-refractivity contribution in [1.29, 1.82) is 5.26 Å². The Bertz CT molecular complexity index is 567. The Balaban J connectivity index is 2.11. The number of sulfonamides is 1. The average Bonchev–Trinajstić information content (AvgIpc) is 2.85. The van der Waals surface area contributed by atoms with E-state index in [2.05, 4.69) is 20.8 Å². The van der Waals surface area contributed by atoms with Crippen molar-refractivity contribution in [2.75, 3.05) is 0 Å². The predicted molar refractivity (Wildman–Crippen MR) is 69.6 cm³/mol. The minimum Gasteiger partial charge on any atom is -0.332 e. The van der Waals surface area contributed by atoms with Gasteiger partial charge in [-0.25, -0.2) is 13.4 Å². The summed E-state index contributed by atoms with van der Waals surface area (Å²) in [6.45, 7) is 1.68. The van der Waals surface area contributed by atoms with E-state index in [9.17, 15) is 13.7 Å². The van der Waals surface area contributed by atoms with Gasteiger partial charge in [0.05, 0.1) is 12.3 Å². The number of imidazole rings is 1. The zero-order chi connectivity index (χ0) is 13.9. The molecule has 1 aromatic heterocycles. The molecule has 2 rings (SSSR count). The second kappa shape index (κ2) is 5.72. The van der Waals surface area contributed by atoms with E-state index >= 15 is 0 Å². The van der Waals surface area contributed by atoms with Crippen LogP contribution < -0.4 is 4.72 Å². The number of hydrogen-bond donors (Lipinski definition) is 2. The molecule has 1 saturated carbocycles. The average molecular weight is 282 g/mol. The maximum Gasteiger partial charge on any atom is 0.258 e. The molecule has 0 aromatic carbocycles. The second-order valence-corrected chi connectivity index (χ2v) is 6.64. The first-order chi connectivity index (χ1) is 9.03. The molecule has 6 nitrogen and oxygen atoms in total. The third-order valence-electron chi connectivity index (χ3n) is 3.51. The van der Waals surface area contributed by atoms with E-state index in [1.807, 2.05) is 0 Å². The van der Waals surface area contributed by atoms with Gasteiger partial charge in [0, 0.05) is 0 Å². The van der Waals surface area contributed by atoms with Crippen molar-refractivity contribution < 1.29 is 8.42 Å².